The number of hydrogen-bond acceptors (Lipinski definition) is 5. The van der Waals surface area contributed by atoms with Crippen LogP contribution in [0.4, 0.5) is 0 Å². The van der Waals surface area contributed by atoms with Gasteiger partial charge in [0.25, 0.3) is 5.97 Å². The first kappa shape index (κ1) is 33.1. The fraction of sp³-hybridized carbons (Fsp3) is 0.552. The predicted molar refractivity (Wildman–Crippen MR) is 145 cm³/mol. The molecular weight excluding hydrogens is 458 g/mol. The lowest BCUT2D eigenvalue weighted by atomic mass is 10.1. The number of fused-ring (bicyclic) bond motifs is 1. The van der Waals surface area contributed by atoms with E-state index in [1.165, 1.54) is 25.7 Å². The highest BCUT2D eigenvalue weighted by Crippen LogP contribution is 2.20. The van der Waals surface area contributed by atoms with E-state index in [9.17, 15) is 15.0 Å². The van der Waals surface area contributed by atoms with Crippen LogP contribution in [0.2, 0.25) is 0 Å². The first-order valence-corrected chi connectivity index (χ1v) is 13.0. The van der Waals surface area contributed by atoms with Crippen LogP contribution in [0.25, 0.3) is 10.9 Å². The summed E-state index contributed by atoms with van der Waals surface area (Å²) in [4.78, 5) is 23.4. The summed E-state index contributed by atoms with van der Waals surface area (Å²) in [5.41, 5.74) is 0.662. The summed E-state index contributed by atoms with van der Waals surface area (Å²) in [5.74, 6) is -1.28. The zero-order chi connectivity index (χ0) is 27.0. The van der Waals surface area contributed by atoms with Gasteiger partial charge in [0.2, 0.25) is 0 Å². The number of aliphatic hydroxyl groups is 1. The van der Waals surface area contributed by atoms with Crippen molar-refractivity contribution in [3.63, 3.8) is 0 Å². The van der Waals surface area contributed by atoms with Crippen molar-refractivity contribution in [2.45, 2.75) is 103 Å². The number of allylic oxidation sites excluding steroid dienone is 1. The lowest BCUT2D eigenvalue weighted by Crippen LogP contribution is -2.04. The van der Waals surface area contributed by atoms with Crippen molar-refractivity contribution in [1.82, 2.24) is 4.98 Å². The summed E-state index contributed by atoms with van der Waals surface area (Å²) in [6.07, 6.45) is 19.0. The molecule has 0 aliphatic rings. The number of para-hydroxylation sites is 1. The summed E-state index contributed by atoms with van der Waals surface area (Å²) >= 11 is 0. The van der Waals surface area contributed by atoms with Crippen molar-refractivity contribution >= 4 is 22.8 Å². The second-order valence-corrected chi connectivity index (χ2v) is 8.78. The van der Waals surface area contributed by atoms with Crippen LogP contribution in [-0.4, -0.2) is 43.5 Å². The molecule has 1 atom stereocenters. The van der Waals surface area contributed by atoms with Gasteiger partial charge in [-0.05, 0) is 44.2 Å². The third-order valence-electron chi connectivity index (χ3n) is 5.34. The number of aromatic hydroxyl groups is 1. The van der Waals surface area contributed by atoms with Crippen molar-refractivity contribution in [1.29, 1.82) is 0 Å². The maximum absolute atomic E-state index is 10.3. The van der Waals surface area contributed by atoms with E-state index in [-0.39, 0.29) is 11.9 Å². The number of nitrogens with zero attached hydrogens (tertiary/aromatic N) is 1. The zero-order valence-corrected chi connectivity index (χ0v) is 21.9. The lowest BCUT2D eigenvalue weighted by Gasteiger charge is -2.07. The van der Waals surface area contributed by atoms with Crippen LogP contribution in [0, 0.1) is 0 Å². The van der Waals surface area contributed by atoms with Gasteiger partial charge in [0, 0.05) is 24.9 Å². The molecule has 0 radical (unpaired) electrons. The zero-order valence-electron chi connectivity index (χ0n) is 21.9. The summed E-state index contributed by atoms with van der Waals surface area (Å²) in [6.45, 7) is 3.28. The number of phenolic OH excluding ortho intramolecular Hbond substituents is 1. The highest BCUT2D eigenvalue weighted by atomic mass is 16.4. The molecule has 0 amide bonds. The number of pyridine rings is 1. The van der Waals surface area contributed by atoms with Gasteiger partial charge < -0.3 is 20.4 Å². The van der Waals surface area contributed by atoms with Gasteiger partial charge >= 0.3 is 5.97 Å². The molecule has 0 saturated heterocycles. The first-order valence-electron chi connectivity index (χ1n) is 13.0. The fourth-order valence-electron chi connectivity index (χ4n) is 3.45. The molecule has 2 aromatic rings. The number of rotatable bonds is 15. The van der Waals surface area contributed by atoms with Gasteiger partial charge in [0.1, 0.15) is 11.3 Å². The number of aromatic nitrogens is 1. The third-order valence-corrected chi connectivity index (χ3v) is 5.34. The normalized spacial score (nSPS) is 11.3. The topological polar surface area (TPSA) is 128 Å². The van der Waals surface area contributed by atoms with Crippen molar-refractivity contribution in [2.75, 3.05) is 0 Å². The molecule has 1 aromatic carbocycles. The Balaban J connectivity index is 0.000000667. The Labute approximate surface area is 215 Å². The Morgan fingerprint density at radius 2 is 1.56 bits per heavy atom. The van der Waals surface area contributed by atoms with Crippen molar-refractivity contribution in [2.24, 2.45) is 0 Å². The summed E-state index contributed by atoms with van der Waals surface area (Å²) in [5, 5.41) is 36.0. The van der Waals surface area contributed by atoms with Gasteiger partial charge in [0.05, 0.1) is 6.10 Å². The number of benzene rings is 1. The second kappa shape index (κ2) is 22.5. The molecule has 0 fully saturated rings. The molecule has 202 valence electrons. The molecule has 0 unspecified atom stereocenters. The molecule has 0 spiro atoms. The molecule has 7 heteroatoms. The standard InChI is InChI=1S/C18H34O3.C9H7NO.C2H4O2/c1-2-3-4-11-14-17(19)15-12-9-7-5-6-8-10-13-16-18(20)21;11-8-5-1-3-7-4-2-6-10-9(7)8;1-2(3)4/h9,12,17,19H,2-8,10-11,13-16H2,1H3,(H,20,21);1-6,11H;1H3,(H,3,4)/b12-9-;;/t17-;;/m1../s1. The van der Waals surface area contributed by atoms with Crippen molar-refractivity contribution < 1.29 is 30.0 Å². The van der Waals surface area contributed by atoms with Crippen molar-refractivity contribution in [3.05, 3.63) is 48.7 Å². The maximum Gasteiger partial charge on any atom is 0.303 e. The molecular formula is C29H45NO6. The Bertz CT molecular complexity index is 858. The number of aliphatic carboxylic acids is 2. The SMILES string of the molecule is CC(=O)O.CCCCCC[C@@H](O)C/C=C\CCCCCCCC(=O)O.Oc1cccc2cccnc12. The number of carboxylic acids is 2. The van der Waals surface area contributed by atoms with Crippen LogP contribution < -0.4 is 0 Å². The number of unbranched alkanes of at least 4 members (excludes halogenated alkanes) is 8. The van der Waals surface area contributed by atoms with E-state index in [2.05, 4.69) is 24.1 Å². The highest BCUT2D eigenvalue weighted by Gasteiger charge is 2.01. The monoisotopic (exact) mass is 503 g/mol. The number of phenols is 1. The lowest BCUT2D eigenvalue weighted by molar-refractivity contribution is -0.137. The summed E-state index contributed by atoms with van der Waals surface area (Å²) in [6, 6.07) is 9.13. The minimum atomic E-state index is -0.833. The number of carbonyl (C=O) groups is 2. The average molecular weight is 504 g/mol. The molecule has 0 bridgehead atoms. The molecule has 0 aliphatic heterocycles. The first-order chi connectivity index (χ1) is 17.3. The average Bonchev–Trinajstić information content (AvgIpc) is 2.83. The van der Waals surface area contributed by atoms with E-state index >= 15 is 0 Å². The van der Waals surface area contributed by atoms with Gasteiger partial charge in [-0.25, -0.2) is 0 Å². The van der Waals surface area contributed by atoms with E-state index in [1.54, 1.807) is 18.3 Å². The van der Waals surface area contributed by atoms with Gasteiger partial charge in [0.15, 0.2) is 0 Å². The molecule has 1 heterocycles. The van der Waals surface area contributed by atoms with Crippen LogP contribution in [0.3, 0.4) is 0 Å². The van der Waals surface area contributed by atoms with Gasteiger partial charge in [-0.15, -0.1) is 0 Å². The smallest absolute Gasteiger partial charge is 0.303 e. The van der Waals surface area contributed by atoms with Gasteiger partial charge in [-0.1, -0.05) is 82.2 Å². The second-order valence-electron chi connectivity index (χ2n) is 8.78. The van der Waals surface area contributed by atoms with E-state index in [0.29, 0.717) is 11.9 Å². The Morgan fingerprint density at radius 1 is 0.917 bits per heavy atom. The molecule has 1 aromatic heterocycles. The van der Waals surface area contributed by atoms with Gasteiger partial charge in [-0.3, -0.25) is 14.6 Å². The Morgan fingerprint density at radius 3 is 2.22 bits per heavy atom. The largest absolute Gasteiger partial charge is 0.506 e. The number of carboxylic acid groups (broad SMARTS) is 2. The van der Waals surface area contributed by atoms with E-state index in [1.807, 2.05) is 18.2 Å². The molecule has 4 N–H and O–H groups in total. The number of aliphatic hydroxyl groups excluding tert-OH is 1. The Hall–Kier alpha value is -2.93. The van der Waals surface area contributed by atoms with Crippen molar-refractivity contribution in [3.8, 4) is 5.75 Å². The van der Waals surface area contributed by atoms with E-state index in [4.69, 9.17) is 15.0 Å². The highest BCUT2D eigenvalue weighted by molar-refractivity contribution is 5.83. The molecule has 36 heavy (non-hydrogen) atoms. The van der Waals surface area contributed by atoms with Crippen LogP contribution in [0.15, 0.2) is 48.7 Å². The fourth-order valence-corrected chi connectivity index (χ4v) is 3.45. The van der Waals surface area contributed by atoms with Gasteiger partial charge in [-0.2, -0.15) is 0 Å². The van der Waals surface area contributed by atoms with Crippen LogP contribution in [0.1, 0.15) is 97.3 Å². The van der Waals surface area contributed by atoms with E-state index < -0.39 is 11.9 Å². The van der Waals surface area contributed by atoms with Crippen LogP contribution >= 0.6 is 0 Å². The van der Waals surface area contributed by atoms with Crippen LogP contribution in [-0.2, 0) is 9.59 Å². The quantitative estimate of drug-likeness (QED) is 0.151. The summed E-state index contributed by atoms with van der Waals surface area (Å²) in [7, 11) is 0. The predicted octanol–water partition coefficient (Wildman–Crippen LogP) is 7.11. The maximum atomic E-state index is 10.3. The molecule has 7 nitrogen and oxygen atoms in total. The molecule has 0 saturated carbocycles. The molecule has 2 rings (SSSR count). The minimum absolute atomic E-state index is 0.172. The Kier molecular flexibility index (Phi) is 20.7. The third kappa shape index (κ3) is 20.4. The molecule has 0 aliphatic carbocycles. The minimum Gasteiger partial charge on any atom is -0.506 e. The van der Waals surface area contributed by atoms with E-state index in [0.717, 1.165) is 63.7 Å². The summed E-state index contributed by atoms with van der Waals surface area (Å²) < 4.78 is 0. The van der Waals surface area contributed by atoms with Crippen LogP contribution in [0.5, 0.6) is 5.75 Å². The number of hydrogen-bond donors (Lipinski definition) is 4.